The van der Waals surface area contributed by atoms with Crippen molar-refractivity contribution in [1.82, 2.24) is 0 Å². The Morgan fingerprint density at radius 3 is 2.07 bits per heavy atom. The first-order valence-electron chi connectivity index (χ1n) is 14.2. The van der Waals surface area contributed by atoms with Gasteiger partial charge in [-0.05, 0) is 83.1 Å². The molecule has 0 bridgehead atoms. The number of rotatable bonds is 10. The van der Waals surface area contributed by atoms with Gasteiger partial charge in [0.2, 0.25) is 0 Å². The second-order valence-corrected chi connectivity index (χ2v) is 10.9. The van der Waals surface area contributed by atoms with Crippen molar-refractivity contribution in [2.75, 3.05) is 12.0 Å². The Kier molecular flexibility index (Phi) is 9.04. The van der Waals surface area contributed by atoms with Crippen molar-refractivity contribution in [3.05, 3.63) is 155 Å². The number of thioether (sulfide) groups is 1. The molecule has 5 aromatic carbocycles. The normalized spacial score (nSPS) is 14.7. The lowest BCUT2D eigenvalue weighted by Crippen LogP contribution is -2.28. The first-order valence-corrected chi connectivity index (χ1v) is 15.0. The minimum atomic E-state index is -0.110. The molecule has 6 rings (SSSR count). The van der Waals surface area contributed by atoms with E-state index in [0.717, 1.165) is 33.8 Å². The maximum atomic E-state index is 13.5. The molecule has 5 aromatic rings. The molecule has 0 unspecified atom stereocenters. The van der Waals surface area contributed by atoms with Crippen molar-refractivity contribution in [2.45, 2.75) is 13.2 Å². The van der Waals surface area contributed by atoms with Gasteiger partial charge < -0.3 is 14.2 Å². The summed E-state index contributed by atoms with van der Waals surface area (Å²) in [6, 6.07) is 42.7. The van der Waals surface area contributed by atoms with Gasteiger partial charge in [0.15, 0.2) is 16.7 Å². The first kappa shape index (κ1) is 28.8. The van der Waals surface area contributed by atoms with Crippen LogP contribution in [0.15, 0.2) is 143 Å². The highest BCUT2D eigenvalue weighted by molar-refractivity contribution is 8.19. The van der Waals surface area contributed by atoms with Crippen molar-refractivity contribution in [3.8, 4) is 17.2 Å². The molecule has 0 radical (unpaired) electrons. The lowest BCUT2D eigenvalue weighted by Gasteiger charge is -2.15. The average molecular weight is 599 g/mol. The lowest BCUT2D eigenvalue weighted by molar-refractivity contribution is -0.113. The Balaban J connectivity index is 1.12. The van der Waals surface area contributed by atoms with E-state index in [4.69, 9.17) is 19.2 Å². The van der Waals surface area contributed by atoms with Gasteiger partial charge in [0.25, 0.3) is 5.91 Å². The van der Waals surface area contributed by atoms with Crippen LogP contribution in [0.2, 0.25) is 0 Å². The molecular weight excluding hydrogens is 568 g/mol. The van der Waals surface area contributed by atoms with Gasteiger partial charge >= 0.3 is 0 Å². The van der Waals surface area contributed by atoms with Crippen molar-refractivity contribution < 1.29 is 19.0 Å². The predicted molar refractivity (Wildman–Crippen MR) is 178 cm³/mol. The summed E-state index contributed by atoms with van der Waals surface area (Å²) in [5, 5.41) is 0.616. The molecule has 0 N–H and O–H groups in total. The van der Waals surface area contributed by atoms with E-state index in [-0.39, 0.29) is 5.91 Å². The Bertz CT molecular complexity index is 1770. The minimum absolute atomic E-state index is 0.110. The number of anilines is 1. The van der Waals surface area contributed by atoms with Gasteiger partial charge in [-0.1, -0.05) is 84.9 Å². The fourth-order valence-corrected chi connectivity index (χ4v) is 5.60. The second kappa shape index (κ2) is 13.8. The molecule has 0 aromatic heterocycles. The van der Waals surface area contributed by atoms with Crippen LogP contribution in [-0.2, 0) is 18.0 Å². The molecule has 1 aliphatic rings. The number of amidine groups is 1. The maximum Gasteiger partial charge on any atom is 0.271 e. The monoisotopic (exact) mass is 598 g/mol. The van der Waals surface area contributed by atoms with Gasteiger partial charge in [0.1, 0.15) is 19.0 Å². The molecule has 1 fully saturated rings. The molecule has 7 heteroatoms. The summed E-state index contributed by atoms with van der Waals surface area (Å²) in [7, 11) is 1.63. The van der Waals surface area contributed by atoms with Crippen molar-refractivity contribution in [3.63, 3.8) is 0 Å². The van der Waals surface area contributed by atoms with E-state index in [1.807, 2.05) is 140 Å². The van der Waals surface area contributed by atoms with E-state index in [0.29, 0.717) is 34.8 Å². The third kappa shape index (κ3) is 7.02. The predicted octanol–water partition coefficient (Wildman–Crippen LogP) is 8.66. The third-order valence-electron chi connectivity index (χ3n) is 6.85. The number of nitrogens with zero attached hydrogens (tertiary/aromatic N) is 2. The quantitative estimate of drug-likeness (QED) is 0.151. The van der Waals surface area contributed by atoms with Gasteiger partial charge in [-0.15, -0.1) is 0 Å². The van der Waals surface area contributed by atoms with Crippen LogP contribution < -0.4 is 19.1 Å². The smallest absolute Gasteiger partial charge is 0.271 e. The van der Waals surface area contributed by atoms with Crippen LogP contribution in [0.4, 0.5) is 11.4 Å². The molecule has 1 amide bonds. The van der Waals surface area contributed by atoms with Crippen LogP contribution in [0.1, 0.15) is 16.7 Å². The molecular formula is C37H30N2O4S. The zero-order valence-corrected chi connectivity index (χ0v) is 24.9. The summed E-state index contributed by atoms with van der Waals surface area (Å²) in [6.45, 7) is 0.834. The van der Waals surface area contributed by atoms with Crippen molar-refractivity contribution >= 4 is 40.3 Å². The number of carbonyl (C=O) groups excluding carboxylic acids is 1. The highest BCUT2D eigenvalue weighted by Gasteiger charge is 2.34. The highest BCUT2D eigenvalue weighted by atomic mass is 32.2. The molecule has 1 aliphatic heterocycles. The molecule has 0 spiro atoms. The molecule has 1 saturated heterocycles. The topological polar surface area (TPSA) is 60.4 Å². The number of ether oxygens (including phenoxy) is 3. The van der Waals surface area contributed by atoms with Crippen LogP contribution in [0.3, 0.4) is 0 Å². The summed E-state index contributed by atoms with van der Waals surface area (Å²) >= 11 is 1.36. The Hall–Kier alpha value is -5.27. The zero-order valence-electron chi connectivity index (χ0n) is 24.1. The number of hydrogen-bond acceptors (Lipinski definition) is 6. The SMILES string of the molecule is COc1cc(COc2ccc(/C=C3/SC(=Nc4ccccc4)N(c4ccccc4)C3=O)cc2)ccc1OCc1ccccc1. The van der Waals surface area contributed by atoms with E-state index in [9.17, 15) is 4.79 Å². The highest BCUT2D eigenvalue weighted by Crippen LogP contribution is 2.37. The fourth-order valence-electron chi connectivity index (χ4n) is 4.60. The summed E-state index contributed by atoms with van der Waals surface area (Å²) in [6.07, 6.45) is 1.89. The zero-order chi connectivity index (χ0) is 30.1. The standard InChI is InChI=1S/C37H30N2O4S/c1-41-34-23-29(19-22-33(34)43-25-28-11-5-2-6-12-28)26-42-32-20-17-27(18-21-32)24-35-36(40)39(31-15-9-4-10-16-31)37(44-35)38-30-13-7-3-8-14-30/h2-24H,25-26H2,1H3/b35-24+,38-37?. The average Bonchev–Trinajstić information content (AvgIpc) is 3.38. The Morgan fingerprint density at radius 1 is 0.705 bits per heavy atom. The number of hydrogen-bond donors (Lipinski definition) is 0. The largest absolute Gasteiger partial charge is 0.493 e. The Labute approximate surface area is 261 Å². The Morgan fingerprint density at radius 2 is 1.36 bits per heavy atom. The number of amides is 1. The van der Waals surface area contributed by atoms with Crippen LogP contribution in [-0.4, -0.2) is 18.2 Å². The molecule has 6 nitrogen and oxygen atoms in total. The third-order valence-corrected chi connectivity index (χ3v) is 7.82. The molecule has 44 heavy (non-hydrogen) atoms. The van der Waals surface area contributed by atoms with Gasteiger partial charge in [-0.2, -0.15) is 0 Å². The second-order valence-electron chi connectivity index (χ2n) is 9.93. The van der Waals surface area contributed by atoms with Gasteiger partial charge in [-0.3, -0.25) is 9.69 Å². The van der Waals surface area contributed by atoms with Crippen molar-refractivity contribution in [1.29, 1.82) is 0 Å². The van der Waals surface area contributed by atoms with Gasteiger partial charge in [0.05, 0.1) is 23.4 Å². The summed E-state index contributed by atoms with van der Waals surface area (Å²) in [5.74, 6) is 1.95. The van der Waals surface area contributed by atoms with Gasteiger partial charge in [0, 0.05) is 0 Å². The summed E-state index contributed by atoms with van der Waals surface area (Å²) < 4.78 is 17.6. The van der Waals surface area contributed by atoms with Crippen molar-refractivity contribution in [2.24, 2.45) is 4.99 Å². The number of benzene rings is 5. The number of carbonyl (C=O) groups is 1. The summed E-state index contributed by atoms with van der Waals surface area (Å²) in [5.41, 5.74) is 4.51. The first-order chi connectivity index (χ1) is 21.7. The van der Waals surface area contributed by atoms with Crippen LogP contribution >= 0.6 is 11.8 Å². The van der Waals surface area contributed by atoms with Gasteiger partial charge in [-0.25, -0.2) is 4.99 Å². The molecule has 0 saturated carbocycles. The van der Waals surface area contributed by atoms with E-state index >= 15 is 0 Å². The molecule has 218 valence electrons. The van der Waals surface area contributed by atoms with E-state index in [2.05, 4.69) is 0 Å². The molecule has 1 heterocycles. The van der Waals surface area contributed by atoms with E-state index < -0.39 is 0 Å². The fraction of sp³-hybridized carbons (Fsp3) is 0.0811. The van der Waals surface area contributed by atoms with Crippen LogP contribution in [0, 0.1) is 0 Å². The van der Waals surface area contributed by atoms with Crippen LogP contribution in [0.25, 0.3) is 6.08 Å². The van der Waals surface area contributed by atoms with Crippen LogP contribution in [0.5, 0.6) is 17.2 Å². The number of para-hydroxylation sites is 2. The van der Waals surface area contributed by atoms with E-state index in [1.165, 1.54) is 11.8 Å². The molecule has 0 atom stereocenters. The maximum absolute atomic E-state index is 13.5. The molecule has 0 aliphatic carbocycles. The summed E-state index contributed by atoms with van der Waals surface area (Å²) in [4.78, 5) is 20.6. The van der Waals surface area contributed by atoms with E-state index in [1.54, 1.807) is 12.0 Å². The number of methoxy groups -OCH3 is 1. The lowest BCUT2D eigenvalue weighted by atomic mass is 10.2. The number of aliphatic imine (C=N–C) groups is 1. The minimum Gasteiger partial charge on any atom is -0.493 e.